The zero-order valence-electron chi connectivity index (χ0n) is 16.2. The van der Waals surface area contributed by atoms with Gasteiger partial charge in [-0.05, 0) is 31.4 Å². The molecule has 0 aromatic carbocycles. The third-order valence-electron chi connectivity index (χ3n) is 5.57. The van der Waals surface area contributed by atoms with Gasteiger partial charge in [0.05, 0.1) is 23.6 Å². The van der Waals surface area contributed by atoms with Crippen LogP contribution in [0.3, 0.4) is 0 Å². The summed E-state index contributed by atoms with van der Waals surface area (Å²) in [6.07, 6.45) is 1.51. The van der Waals surface area contributed by atoms with Crippen LogP contribution in [0.5, 0.6) is 0 Å². The van der Waals surface area contributed by atoms with Crippen molar-refractivity contribution < 1.29 is 26.8 Å². The van der Waals surface area contributed by atoms with E-state index in [1.807, 2.05) is 6.92 Å². The summed E-state index contributed by atoms with van der Waals surface area (Å²) in [5.74, 6) is -5.74. The molecule has 160 valence electrons. The highest BCUT2D eigenvalue weighted by Crippen LogP contribution is 2.40. The molecule has 10 heteroatoms. The zero-order valence-corrected chi connectivity index (χ0v) is 17.0. The maximum Gasteiger partial charge on any atom is 0.267 e. The summed E-state index contributed by atoms with van der Waals surface area (Å²) in [6.45, 7) is 1.49. The Morgan fingerprint density at radius 2 is 2.00 bits per heavy atom. The highest BCUT2D eigenvalue weighted by molar-refractivity contribution is 7.92. The number of likely N-dealkylation sites (tertiary alicyclic amines) is 1. The monoisotopic (exact) mass is 429 g/mol. The molecule has 1 N–H and O–H groups in total. The number of sulfone groups is 1. The minimum absolute atomic E-state index is 0.0326. The van der Waals surface area contributed by atoms with E-state index >= 15 is 0 Å². The number of nitrogens with one attached hydrogen (secondary N) is 1. The number of rotatable bonds is 6. The van der Waals surface area contributed by atoms with Crippen LogP contribution < -0.4 is 5.32 Å². The average molecular weight is 429 g/mol. The zero-order chi connectivity index (χ0) is 21.2. The number of pyridine rings is 1. The molecule has 2 amide bonds. The lowest BCUT2D eigenvalue weighted by molar-refractivity contribution is -0.141. The van der Waals surface area contributed by atoms with E-state index in [2.05, 4.69) is 10.3 Å². The van der Waals surface area contributed by atoms with Gasteiger partial charge in [-0.1, -0.05) is 13.0 Å². The van der Waals surface area contributed by atoms with Crippen molar-refractivity contribution in [1.82, 2.24) is 15.2 Å². The SMILES string of the molecule is CCCNC(=O)[C@@H]1C[C@@H](S(=O)(=O)c2ccccn2)C[C@H]1C(=O)N1CCC(F)(F)C1. The van der Waals surface area contributed by atoms with E-state index in [0.717, 1.165) is 4.90 Å². The topological polar surface area (TPSA) is 96.4 Å². The normalized spacial score (nSPS) is 26.4. The van der Waals surface area contributed by atoms with Crippen LogP contribution in [0, 0.1) is 11.8 Å². The molecule has 7 nitrogen and oxygen atoms in total. The molecule has 0 unspecified atom stereocenters. The van der Waals surface area contributed by atoms with Crippen molar-refractivity contribution in [2.75, 3.05) is 19.6 Å². The predicted molar refractivity (Wildman–Crippen MR) is 101 cm³/mol. The molecule has 2 aliphatic rings. The lowest BCUT2D eigenvalue weighted by Gasteiger charge is -2.24. The second-order valence-electron chi connectivity index (χ2n) is 7.68. The Bertz CT molecular complexity index is 863. The Hall–Kier alpha value is -2.10. The fourth-order valence-electron chi connectivity index (χ4n) is 4.03. The lowest BCUT2D eigenvalue weighted by Crippen LogP contribution is -2.42. The molecule has 3 atom stereocenters. The van der Waals surface area contributed by atoms with E-state index in [-0.39, 0.29) is 24.4 Å². The van der Waals surface area contributed by atoms with Crippen LogP contribution >= 0.6 is 0 Å². The quantitative estimate of drug-likeness (QED) is 0.742. The van der Waals surface area contributed by atoms with Crippen molar-refractivity contribution in [3.05, 3.63) is 24.4 Å². The number of carbonyl (C=O) groups excluding carboxylic acids is 2. The van der Waals surface area contributed by atoms with Crippen molar-refractivity contribution in [3.63, 3.8) is 0 Å². The fraction of sp³-hybridized carbons (Fsp3) is 0.632. The Balaban J connectivity index is 1.84. The molecule has 1 aliphatic heterocycles. The Morgan fingerprint density at radius 3 is 2.59 bits per heavy atom. The van der Waals surface area contributed by atoms with Gasteiger partial charge in [-0.15, -0.1) is 0 Å². The van der Waals surface area contributed by atoms with Gasteiger partial charge in [-0.25, -0.2) is 22.2 Å². The van der Waals surface area contributed by atoms with Crippen LogP contribution in [0.1, 0.15) is 32.6 Å². The third-order valence-corrected chi connectivity index (χ3v) is 7.66. The molecule has 0 bridgehead atoms. The van der Waals surface area contributed by atoms with E-state index in [4.69, 9.17) is 0 Å². The molecule has 0 spiro atoms. The standard InChI is InChI=1S/C19H25F2N3O4S/c1-2-7-23-17(25)14-10-13(29(27,28)16-5-3-4-8-22-16)11-15(14)18(26)24-9-6-19(20,21)12-24/h3-5,8,13-15H,2,6-7,9-12H2,1H3,(H,23,25)/t13-,14-,15-/m1/s1. The average Bonchev–Trinajstić information content (AvgIpc) is 3.30. The number of carbonyl (C=O) groups is 2. The summed E-state index contributed by atoms with van der Waals surface area (Å²) in [5.41, 5.74) is 0. The Kier molecular flexibility index (Phi) is 6.21. The van der Waals surface area contributed by atoms with Crippen molar-refractivity contribution in [1.29, 1.82) is 0 Å². The minimum Gasteiger partial charge on any atom is -0.356 e. The van der Waals surface area contributed by atoms with Gasteiger partial charge < -0.3 is 10.2 Å². The smallest absolute Gasteiger partial charge is 0.267 e. The summed E-state index contributed by atoms with van der Waals surface area (Å²) in [6, 6.07) is 4.52. The molecule has 1 aliphatic carbocycles. The summed E-state index contributed by atoms with van der Waals surface area (Å²) >= 11 is 0. The number of halogens is 2. The van der Waals surface area contributed by atoms with Crippen LogP contribution in [0.25, 0.3) is 0 Å². The van der Waals surface area contributed by atoms with Crippen molar-refractivity contribution in [3.8, 4) is 0 Å². The van der Waals surface area contributed by atoms with Crippen LogP contribution in [0.2, 0.25) is 0 Å². The van der Waals surface area contributed by atoms with Crippen molar-refractivity contribution >= 4 is 21.7 Å². The molecule has 0 radical (unpaired) electrons. The third kappa shape index (κ3) is 4.57. The van der Waals surface area contributed by atoms with Gasteiger partial charge in [-0.3, -0.25) is 9.59 Å². The summed E-state index contributed by atoms with van der Waals surface area (Å²) in [5, 5.41) is 1.63. The molecule has 1 saturated heterocycles. The number of amides is 2. The first kappa shape index (κ1) is 21.6. The van der Waals surface area contributed by atoms with Gasteiger partial charge in [0.15, 0.2) is 14.9 Å². The first-order chi connectivity index (χ1) is 13.7. The number of nitrogens with zero attached hydrogens (tertiary/aromatic N) is 2. The van der Waals surface area contributed by atoms with Gasteiger partial charge in [0.25, 0.3) is 5.92 Å². The number of aromatic nitrogens is 1. The molecule has 2 fully saturated rings. The predicted octanol–water partition coefficient (Wildman–Crippen LogP) is 1.64. The van der Waals surface area contributed by atoms with E-state index in [0.29, 0.717) is 13.0 Å². The Morgan fingerprint density at radius 1 is 1.28 bits per heavy atom. The maximum atomic E-state index is 13.6. The Labute approximate surface area is 168 Å². The number of hydrogen-bond acceptors (Lipinski definition) is 5. The summed E-state index contributed by atoms with van der Waals surface area (Å²) in [7, 11) is -3.85. The van der Waals surface area contributed by atoms with Crippen LogP contribution in [0.15, 0.2) is 29.4 Å². The van der Waals surface area contributed by atoms with Crippen molar-refractivity contribution in [2.24, 2.45) is 11.8 Å². The van der Waals surface area contributed by atoms with Crippen LogP contribution in [-0.2, 0) is 19.4 Å². The fourth-order valence-corrected chi connectivity index (χ4v) is 5.77. The highest BCUT2D eigenvalue weighted by Gasteiger charge is 2.51. The van der Waals surface area contributed by atoms with Crippen LogP contribution in [-0.4, -0.2) is 60.9 Å². The van der Waals surface area contributed by atoms with Gasteiger partial charge in [0.2, 0.25) is 11.8 Å². The minimum atomic E-state index is -3.85. The first-order valence-electron chi connectivity index (χ1n) is 9.75. The first-order valence-corrected chi connectivity index (χ1v) is 11.3. The summed E-state index contributed by atoms with van der Waals surface area (Å²) in [4.78, 5) is 30.5. The number of alkyl halides is 2. The summed E-state index contributed by atoms with van der Waals surface area (Å²) < 4.78 is 53.1. The maximum absolute atomic E-state index is 13.6. The largest absolute Gasteiger partial charge is 0.356 e. The molecule has 3 rings (SSSR count). The van der Waals surface area contributed by atoms with E-state index < -0.39 is 57.6 Å². The second-order valence-corrected chi connectivity index (χ2v) is 9.85. The van der Waals surface area contributed by atoms with Gasteiger partial charge in [0, 0.05) is 25.7 Å². The van der Waals surface area contributed by atoms with Gasteiger partial charge in [-0.2, -0.15) is 0 Å². The molecular formula is C19H25F2N3O4S. The molecule has 1 aromatic rings. The molecule has 2 heterocycles. The number of hydrogen-bond donors (Lipinski definition) is 1. The lowest BCUT2D eigenvalue weighted by atomic mass is 9.93. The molecule has 1 saturated carbocycles. The second kappa shape index (κ2) is 8.33. The molecule has 29 heavy (non-hydrogen) atoms. The van der Waals surface area contributed by atoms with E-state index in [9.17, 15) is 26.8 Å². The van der Waals surface area contributed by atoms with E-state index in [1.54, 1.807) is 12.1 Å². The molecular weight excluding hydrogens is 404 g/mol. The molecule has 1 aromatic heterocycles. The van der Waals surface area contributed by atoms with E-state index in [1.165, 1.54) is 12.3 Å². The highest BCUT2D eigenvalue weighted by atomic mass is 32.2. The van der Waals surface area contributed by atoms with Crippen molar-refractivity contribution in [2.45, 2.75) is 48.8 Å². The van der Waals surface area contributed by atoms with Crippen LogP contribution in [0.4, 0.5) is 8.78 Å². The van der Waals surface area contributed by atoms with Gasteiger partial charge >= 0.3 is 0 Å². The van der Waals surface area contributed by atoms with Gasteiger partial charge in [0.1, 0.15) is 0 Å².